The second-order valence-electron chi connectivity index (χ2n) is 10.8. The third-order valence-corrected chi connectivity index (χ3v) is 7.63. The number of anilines is 1. The molecular formula is C35H33NO5. The maximum atomic E-state index is 12.8. The van der Waals surface area contributed by atoms with Gasteiger partial charge in [0.15, 0.2) is 6.10 Å². The summed E-state index contributed by atoms with van der Waals surface area (Å²) in [5.41, 5.74) is 3.44. The number of carbonyl (C=O) groups excluding carboxylic acids is 3. The van der Waals surface area contributed by atoms with Crippen molar-refractivity contribution in [1.29, 1.82) is 0 Å². The summed E-state index contributed by atoms with van der Waals surface area (Å²) in [7, 11) is 0. The lowest BCUT2D eigenvalue weighted by molar-refractivity contribution is -0.151. The van der Waals surface area contributed by atoms with Crippen LogP contribution in [0.15, 0.2) is 109 Å². The Kier molecular flexibility index (Phi) is 8.02. The van der Waals surface area contributed by atoms with Crippen LogP contribution in [0.2, 0.25) is 0 Å². The van der Waals surface area contributed by atoms with Gasteiger partial charge < -0.3 is 14.4 Å². The molecule has 0 spiro atoms. The molecule has 0 bridgehead atoms. The summed E-state index contributed by atoms with van der Waals surface area (Å²) in [6.45, 7) is 6.15. The molecule has 41 heavy (non-hydrogen) atoms. The highest BCUT2D eigenvalue weighted by Crippen LogP contribution is 2.34. The molecule has 0 saturated carbocycles. The lowest BCUT2D eigenvalue weighted by atomic mass is 9.78. The summed E-state index contributed by atoms with van der Waals surface area (Å²) < 4.78 is 11.5. The maximum absolute atomic E-state index is 12.8. The smallest absolute Gasteiger partial charge is 0.312 e. The van der Waals surface area contributed by atoms with Crippen molar-refractivity contribution in [2.24, 2.45) is 5.92 Å². The van der Waals surface area contributed by atoms with Crippen molar-refractivity contribution in [1.82, 2.24) is 0 Å². The van der Waals surface area contributed by atoms with E-state index in [-0.39, 0.29) is 30.1 Å². The summed E-state index contributed by atoms with van der Waals surface area (Å²) >= 11 is 0. The van der Waals surface area contributed by atoms with Gasteiger partial charge in [-0.15, -0.1) is 0 Å². The molecule has 0 unspecified atom stereocenters. The molecule has 1 amide bonds. The van der Waals surface area contributed by atoms with Crippen molar-refractivity contribution in [3.63, 3.8) is 0 Å². The van der Waals surface area contributed by atoms with E-state index in [1.165, 1.54) is 11.1 Å². The monoisotopic (exact) mass is 547 g/mol. The minimum Gasteiger partial charge on any atom is -0.457 e. The Bertz CT molecular complexity index is 1510. The van der Waals surface area contributed by atoms with Gasteiger partial charge in [-0.25, -0.2) is 0 Å². The van der Waals surface area contributed by atoms with Gasteiger partial charge in [0, 0.05) is 29.6 Å². The van der Waals surface area contributed by atoms with E-state index in [0.29, 0.717) is 22.7 Å². The van der Waals surface area contributed by atoms with Gasteiger partial charge in [-0.05, 0) is 54.4 Å². The predicted octanol–water partition coefficient (Wildman–Crippen LogP) is 6.97. The van der Waals surface area contributed by atoms with Crippen LogP contribution in [0, 0.1) is 5.92 Å². The molecule has 1 aliphatic heterocycles. The quantitative estimate of drug-likeness (QED) is 0.167. The van der Waals surface area contributed by atoms with E-state index in [0.717, 1.165) is 0 Å². The SMILES string of the molecule is C[C@@H](OC(=O)[C@@H]1CC(=O)N(c2ccc(Oc3ccc(C(C)(C)c4ccccc4)cc3)cc2)C1)C(=O)c1ccccc1. The number of carbonyl (C=O) groups is 3. The second-order valence-corrected chi connectivity index (χ2v) is 10.8. The van der Waals surface area contributed by atoms with Crippen molar-refractivity contribution in [3.05, 3.63) is 126 Å². The van der Waals surface area contributed by atoms with Crippen LogP contribution in [0.4, 0.5) is 5.69 Å². The normalized spacial score (nSPS) is 15.8. The molecule has 208 valence electrons. The van der Waals surface area contributed by atoms with E-state index in [2.05, 4.69) is 50.2 Å². The summed E-state index contributed by atoms with van der Waals surface area (Å²) in [6, 6.07) is 34.4. The molecule has 1 heterocycles. The van der Waals surface area contributed by atoms with Crippen molar-refractivity contribution < 1.29 is 23.9 Å². The number of hydrogen-bond donors (Lipinski definition) is 0. The molecule has 6 nitrogen and oxygen atoms in total. The number of esters is 1. The number of ketones is 1. The Labute approximate surface area is 240 Å². The fourth-order valence-corrected chi connectivity index (χ4v) is 5.07. The molecule has 4 aromatic carbocycles. The van der Waals surface area contributed by atoms with E-state index in [9.17, 15) is 14.4 Å². The first-order valence-corrected chi connectivity index (χ1v) is 13.8. The fourth-order valence-electron chi connectivity index (χ4n) is 5.07. The number of nitrogens with zero attached hydrogens (tertiary/aromatic N) is 1. The highest BCUT2D eigenvalue weighted by atomic mass is 16.5. The number of hydrogen-bond acceptors (Lipinski definition) is 5. The predicted molar refractivity (Wildman–Crippen MR) is 158 cm³/mol. The Hall–Kier alpha value is -4.71. The fraction of sp³-hybridized carbons (Fsp3) is 0.229. The van der Waals surface area contributed by atoms with Gasteiger partial charge in [0.1, 0.15) is 11.5 Å². The van der Waals surface area contributed by atoms with Crippen LogP contribution in [0.3, 0.4) is 0 Å². The first kappa shape index (κ1) is 27.8. The summed E-state index contributed by atoms with van der Waals surface area (Å²) in [5, 5.41) is 0. The molecule has 0 aliphatic carbocycles. The van der Waals surface area contributed by atoms with Crippen LogP contribution in [0.1, 0.15) is 48.7 Å². The Balaban J connectivity index is 1.18. The summed E-state index contributed by atoms with van der Waals surface area (Å²) in [5.74, 6) is -0.270. The van der Waals surface area contributed by atoms with Crippen molar-refractivity contribution in [2.75, 3.05) is 11.4 Å². The van der Waals surface area contributed by atoms with Gasteiger partial charge >= 0.3 is 5.97 Å². The molecule has 1 saturated heterocycles. The standard InChI is InChI=1S/C35H33NO5/c1-24(33(38)25-10-6-4-7-11-25)40-34(39)26-22-32(37)36(23-26)29-16-20-31(21-17-29)41-30-18-14-28(15-19-30)35(2,3)27-12-8-5-9-13-27/h4-21,24,26H,22-23H2,1-3H3/t24-,26-/m1/s1. The van der Waals surface area contributed by atoms with Crippen molar-refractivity contribution in [3.8, 4) is 11.5 Å². The Morgan fingerprint density at radius 3 is 1.93 bits per heavy atom. The van der Waals surface area contributed by atoms with Crippen LogP contribution >= 0.6 is 0 Å². The van der Waals surface area contributed by atoms with Gasteiger partial charge in [0.25, 0.3) is 0 Å². The van der Waals surface area contributed by atoms with Gasteiger partial charge in [-0.2, -0.15) is 0 Å². The zero-order valence-electron chi connectivity index (χ0n) is 23.4. The van der Waals surface area contributed by atoms with E-state index in [1.54, 1.807) is 60.4 Å². The summed E-state index contributed by atoms with van der Waals surface area (Å²) in [6.07, 6.45) is -0.890. The molecule has 6 heteroatoms. The van der Waals surface area contributed by atoms with E-state index >= 15 is 0 Å². The Morgan fingerprint density at radius 1 is 0.780 bits per heavy atom. The first-order valence-electron chi connectivity index (χ1n) is 13.8. The molecule has 0 radical (unpaired) electrons. The zero-order chi connectivity index (χ0) is 29.0. The average Bonchev–Trinajstić information content (AvgIpc) is 3.40. The number of amides is 1. The van der Waals surface area contributed by atoms with Crippen molar-refractivity contribution in [2.45, 2.75) is 38.7 Å². The highest BCUT2D eigenvalue weighted by Gasteiger charge is 2.37. The van der Waals surface area contributed by atoms with Crippen LogP contribution < -0.4 is 9.64 Å². The molecule has 0 N–H and O–H groups in total. The maximum Gasteiger partial charge on any atom is 0.312 e. The van der Waals surface area contributed by atoms with E-state index in [4.69, 9.17) is 9.47 Å². The Morgan fingerprint density at radius 2 is 1.32 bits per heavy atom. The minimum absolute atomic E-state index is 0.0367. The third-order valence-electron chi connectivity index (χ3n) is 7.63. The van der Waals surface area contributed by atoms with Gasteiger partial charge in [0.05, 0.1) is 5.92 Å². The molecular weight excluding hydrogens is 514 g/mol. The average molecular weight is 548 g/mol. The number of benzene rings is 4. The molecule has 5 rings (SSSR count). The lowest BCUT2D eigenvalue weighted by Crippen LogP contribution is -2.30. The van der Waals surface area contributed by atoms with Gasteiger partial charge in [-0.3, -0.25) is 14.4 Å². The number of rotatable bonds is 9. The molecule has 1 aliphatic rings. The second kappa shape index (κ2) is 11.8. The molecule has 1 fully saturated rings. The van der Waals surface area contributed by atoms with Crippen LogP contribution in [-0.4, -0.2) is 30.3 Å². The molecule has 2 atom stereocenters. The van der Waals surface area contributed by atoms with Crippen molar-refractivity contribution >= 4 is 23.3 Å². The van der Waals surface area contributed by atoms with Gasteiger partial charge in [-0.1, -0.05) is 86.6 Å². The van der Waals surface area contributed by atoms with Crippen LogP contribution in [0.25, 0.3) is 0 Å². The minimum atomic E-state index is -0.927. The highest BCUT2D eigenvalue weighted by molar-refractivity contribution is 6.02. The molecule has 0 aromatic heterocycles. The zero-order valence-corrected chi connectivity index (χ0v) is 23.4. The third kappa shape index (κ3) is 6.22. The first-order chi connectivity index (χ1) is 19.7. The largest absolute Gasteiger partial charge is 0.457 e. The number of Topliss-reactive ketones (excluding diaryl/α,β-unsaturated/α-hetero) is 1. The topological polar surface area (TPSA) is 72.9 Å². The molecule has 4 aromatic rings. The van der Waals surface area contributed by atoms with Crippen LogP contribution in [0.5, 0.6) is 11.5 Å². The van der Waals surface area contributed by atoms with Crippen LogP contribution in [-0.2, 0) is 19.7 Å². The van der Waals surface area contributed by atoms with Gasteiger partial charge in [0.2, 0.25) is 11.7 Å². The van der Waals surface area contributed by atoms with E-state index < -0.39 is 18.0 Å². The number of ether oxygens (including phenoxy) is 2. The lowest BCUT2D eigenvalue weighted by Gasteiger charge is -2.26. The van der Waals surface area contributed by atoms with E-state index in [1.807, 2.05) is 24.3 Å². The summed E-state index contributed by atoms with van der Waals surface area (Å²) in [4.78, 5) is 39.6.